The van der Waals surface area contributed by atoms with Crippen molar-refractivity contribution >= 4 is 21.4 Å². The summed E-state index contributed by atoms with van der Waals surface area (Å²) in [5.74, 6) is 0.431. The van der Waals surface area contributed by atoms with Crippen molar-refractivity contribution in [3.63, 3.8) is 0 Å². The predicted octanol–water partition coefficient (Wildman–Crippen LogP) is 1.33. The van der Waals surface area contributed by atoms with Crippen LogP contribution in [-0.4, -0.2) is 21.0 Å². The molecule has 1 atom stereocenters. The Morgan fingerprint density at radius 2 is 2.24 bits per heavy atom. The van der Waals surface area contributed by atoms with Crippen molar-refractivity contribution in [3.05, 3.63) is 17.0 Å². The molecule has 0 spiro atoms. The van der Waals surface area contributed by atoms with Gasteiger partial charge >= 0.3 is 0 Å². The van der Waals surface area contributed by atoms with Crippen LogP contribution in [-0.2, 0) is 16.4 Å². The Hall–Kier alpha value is -0.430. The van der Waals surface area contributed by atoms with Crippen LogP contribution in [0.3, 0.4) is 0 Å². The molecule has 0 bridgehead atoms. The average Bonchev–Trinajstić information content (AvgIpc) is 3.02. The first-order valence-corrected chi connectivity index (χ1v) is 8.18. The van der Waals surface area contributed by atoms with Crippen LogP contribution in [0.2, 0.25) is 0 Å². The Morgan fingerprint density at radius 1 is 1.53 bits per heavy atom. The Balaban J connectivity index is 2.12. The molecule has 0 saturated heterocycles. The van der Waals surface area contributed by atoms with Crippen LogP contribution >= 0.6 is 11.3 Å². The SMILES string of the molecule is CCc1ccc(S(=O)(=O)NC(CN)C2CC2)s1. The van der Waals surface area contributed by atoms with Gasteiger partial charge in [0.15, 0.2) is 0 Å². The van der Waals surface area contributed by atoms with Crippen molar-refractivity contribution in [1.82, 2.24) is 4.72 Å². The summed E-state index contributed by atoms with van der Waals surface area (Å²) in [5, 5.41) is 0. The van der Waals surface area contributed by atoms with E-state index in [1.165, 1.54) is 11.3 Å². The van der Waals surface area contributed by atoms with Gasteiger partial charge in [-0.1, -0.05) is 6.92 Å². The molecule has 96 valence electrons. The largest absolute Gasteiger partial charge is 0.329 e. The molecule has 1 fully saturated rings. The van der Waals surface area contributed by atoms with Crippen LogP contribution in [0.4, 0.5) is 0 Å². The van der Waals surface area contributed by atoms with Crippen LogP contribution in [0, 0.1) is 5.92 Å². The van der Waals surface area contributed by atoms with E-state index in [0.29, 0.717) is 16.7 Å². The summed E-state index contributed by atoms with van der Waals surface area (Å²) in [4.78, 5) is 1.08. The van der Waals surface area contributed by atoms with Gasteiger partial charge in [-0.3, -0.25) is 0 Å². The molecule has 0 aromatic carbocycles. The van der Waals surface area contributed by atoms with Gasteiger partial charge in [0.05, 0.1) is 0 Å². The monoisotopic (exact) mass is 274 g/mol. The number of nitrogens with one attached hydrogen (secondary N) is 1. The molecule has 3 N–H and O–H groups in total. The highest BCUT2D eigenvalue weighted by molar-refractivity contribution is 7.91. The summed E-state index contributed by atoms with van der Waals surface area (Å²) in [6.45, 7) is 2.39. The van der Waals surface area contributed by atoms with Crippen LogP contribution < -0.4 is 10.5 Å². The highest BCUT2D eigenvalue weighted by atomic mass is 32.2. The molecule has 1 aromatic rings. The molecular formula is C11H18N2O2S2. The van der Waals surface area contributed by atoms with Crippen molar-refractivity contribution in [1.29, 1.82) is 0 Å². The second-order valence-corrected chi connectivity index (χ2v) is 7.48. The van der Waals surface area contributed by atoms with Crippen molar-refractivity contribution < 1.29 is 8.42 Å². The zero-order chi connectivity index (χ0) is 12.5. The lowest BCUT2D eigenvalue weighted by Crippen LogP contribution is -2.41. The topological polar surface area (TPSA) is 72.2 Å². The predicted molar refractivity (Wildman–Crippen MR) is 69.6 cm³/mol. The lowest BCUT2D eigenvalue weighted by molar-refractivity contribution is 0.520. The third-order valence-corrected chi connectivity index (χ3v) is 6.21. The zero-order valence-corrected chi connectivity index (χ0v) is 11.5. The number of hydrogen-bond donors (Lipinski definition) is 2. The quantitative estimate of drug-likeness (QED) is 0.822. The van der Waals surface area contributed by atoms with E-state index in [0.717, 1.165) is 24.1 Å². The molecule has 1 unspecified atom stereocenters. The van der Waals surface area contributed by atoms with E-state index in [9.17, 15) is 8.42 Å². The maximum absolute atomic E-state index is 12.1. The summed E-state index contributed by atoms with van der Waals surface area (Å²) in [7, 11) is -3.38. The first-order chi connectivity index (χ1) is 8.06. The number of sulfonamides is 1. The molecule has 1 aromatic heterocycles. The van der Waals surface area contributed by atoms with Gasteiger partial charge in [-0.05, 0) is 37.3 Å². The maximum Gasteiger partial charge on any atom is 0.250 e. The molecule has 2 rings (SSSR count). The minimum absolute atomic E-state index is 0.104. The normalized spacial score (nSPS) is 18.2. The molecule has 4 nitrogen and oxygen atoms in total. The van der Waals surface area contributed by atoms with Gasteiger partial charge < -0.3 is 5.73 Å². The van der Waals surface area contributed by atoms with Gasteiger partial charge in [0, 0.05) is 17.5 Å². The van der Waals surface area contributed by atoms with Crippen LogP contribution in [0.25, 0.3) is 0 Å². The molecule has 6 heteroatoms. The Bertz CT molecular complexity index is 477. The van der Waals surface area contributed by atoms with Crippen molar-refractivity contribution in [3.8, 4) is 0 Å². The van der Waals surface area contributed by atoms with Gasteiger partial charge in [-0.25, -0.2) is 13.1 Å². The second-order valence-electron chi connectivity index (χ2n) is 4.38. The highest BCUT2D eigenvalue weighted by Gasteiger charge is 2.33. The smallest absolute Gasteiger partial charge is 0.250 e. The van der Waals surface area contributed by atoms with Gasteiger partial charge in [-0.2, -0.15) is 0 Å². The Morgan fingerprint density at radius 3 is 2.71 bits per heavy atom. The molecule has 1 heterocycles. The molecule has 0 aliphatic heterocycles. The summed E-state index contributed by atoms with van der Waals surface area (Å²) in [6, 6.07) is 3.44. The van der Waals surface area contributed by atoms with Crippen molar-refractivity contribution in [2.45, 2.75) is 36.4 Å². The number of rotatable bonds is 6. The molecule has 0 amide bonds. The molecule has 1 aliphatic carbocycles. The standard InChI is InChI=1S/C11H18N2O2S2/c1-2-9-5-6-11(16-9)17(14,15)13-10(7-12)8-3-4-8/h5-6,8,10,13H,2-4,7,12H2,1H3. The van der Waals surface area contributed by atoms with E-state index in [1.807, 2.05) is 13.0 Å². The second kappa shape index (κ2) is 5.06. The molecular weight excluding hydrogens is 256 g/mol. The lowest BCUT2D eigenvalue weighted by Gasteiger charge is -2.15. The third kappa shape index (κ3) is 3.07. The summed E-state index contributed by atoms with van der Waals surface area (Å²) >= 11 is 1.33. The summed E-state index contributed by atoms with van der Waals surface area (Å²) in [6.07, 6.45) is 3.02. The van der Waals surface area contributed by atoms with Gasteiger partial charge in [0.2, 0.25) is 10.0 Å². The van der Waals surface area contributed by atoms with Crippen LogP contribution in [0.5, 0.6) is 0 Å². The molecule has 1 saturated carbocycles. The molecule has 17 heavy (non-hydrogen) atoms. The van der Waals surface area contributed by atoms with E-state index in [2.05, 4.69) is 4.72 Å². The minimum Gasteiger partial charge on any atom is -0.329 e. The van der Waals surface area contributed by atoms with E-state index >= 15 is 0 Å². The highest BCUT2D eigenvalue weighted by Crippen LogP contribution is 2.33. The fourth-order valence-electron chi connectivity index (χ4n) is 1.79. The number of thiophene rings is 1. The van der Waals surface area contributed by atoms with Crippen molar-refractivity contribution in [2.24, 2.45) is 11.7 Å². The fourth-order valence-corrected chi connectivity index (χ4v) is 4.42. The van der Waals surface area contributed by atoms with Crippen LogP contribution in [0.1, 0.15) is 24.6 Å². The van der Waals surface area contributed by atoms with Gasteiger partial charge in [0.1, 0.15) is 4.21 Å². The first kappa shape index (κ1) is 13.0. The third-order valence-electron chi connectivity index (χ3n) is 3.00. The lowest BCUT2D eigenvalue weighted by atomic mass is 10.2. The number of nitrogens with two attached hydrogens (primary N) is 1. The zero-order valence-electron chi connectivity index (χ0n) is 9.85. The maximum atomic E-state index is 12.1. The fraction of sp³-hybridized carbons (Fsp3) is 0.636. The molecule has 0 radical (unpaired) electrons. The number of hydrogen-bond acceptors (Lipinski definition) is 4. The first-order valence-electron chi connectivity index (χ1n) is 5.88. The minimum atomic E-state index is -3.38. The molecule has 1 aliphatic rings. The van der Waals surface area contributed by atoms with Crippen molar-refractivity contribution in [2.75, 3.05) is 6.54 Å². The van der Waals surface area contributed by atoms with E-state index < -0.39 is 10.0 Å². The van der Waals surface area contributed by atoms with E-state index in [1.54, 1.807) is 6.07 Å². The van der Waals surface area contributed by atoms with Gasteiger partial charge in [-0.15, -0.1) is 11.3 Å². The van der Waals surface area contributed by atoms with Crippen LogP contribution in [0.15, 0.2) is 16.3 Å². The number of aryl methyl sites for hydroxylation is 1. The summed E-state index contributed by atoms with van der Waals surface area (Å²) in [5.41, 5.74) is 5.61. The average molecular weight is 274 g/mol. The Kier molecular flexibility index (Phi) is 3.87. The summed E-state index contributed by atoms with van der Waals surface area (Å²) < 4.78 is 27.3. The Labute approximate surface area is 106 Å². The van der Waals surface area contributed by atoms with E-state index in [-0.39, 0.29) is 6.04 Å². The van der Waals surface area contributed by atoms with Gasteiger partial charge in [0.25, 0.3) is 0 Å². The van der Waals surface area contributed by atoms with E-state index in [4.69, 9.17) is 5.73 Å².